The number of hydrogen-bond acceptors (Lipinski definition) is 4. The Morgan fingerprint density at radius 2 is 1.73 bits per heavy atom. The first-order valence-electron chi connectivity index (χ1n) is 9.35. The van der Waals surface area contributed by atoms with Gasteiger partial charge in [-0.25, -0.2) is 0 Å². The zero-order valence-electron chi connectivity index (χ0n) is 16.4. The van der Waals surface area contributed by atoms with Gasteiger partial charge in [-0.2, -0.15) is 0 Å². The van der Waals surface area contributed by atoms with E-state index in [1.54, 1.807) is 6.92 Å². The van der Waals surface area contributed by atoms with Crippen LogP contribution in [-0.4, -0.2) is 22.5 Å². The number of carbonyl (C=O) groups is 3. The third-order valence-electron chi connectivity index (χ3n) is 5.23. The summed E-state index contributed by atoms with van der Waals surface area (Å²) >= 11 is 0. The molecule has 1 aliphatic carbocycles. The molecule has 1 N–H and O–H groups in total. The highest BCUT2D eigenvalue weighted by molar-refractivity contribution is 6.21. The Kier molecular flexibility index (Phi) is 6.17. The van der Waals surface area contributed by atoms with E-state index >= 15 is 0 Å². The fourth-order valence-corrected chi connectivity index (χ4v) is 4.20. The topological polar surface area (TPSA) is 71.4 Å². The summed E-state index contributed by atoms with van der Waals surface area (Å²) < 4.78 is 0. The highest BCUT2D eigenvalue weighted by Crippen LogP contribution is 2.39. The average molecular weight is 356 g/mol. The molecule has 0 amide bonds. The normalized spacial score (nSPS) is 17.6. The van der Waals surface area contributed by atoms with Crippen LogP contribution >= 0.6 is 0 Å². The predicted molar refractivity (Wildman–Crippen MR) is 102 cm³/mol. The van der Waals surface area contributed by atoms with Crippen molar-refractivity contribution in [3.63, 3.8) is 0 Å². The molecule has 0 bridgehead atoms. The van der Waals surface area contributed by atoms with Gasteiger partial charge in [0.1, 0.15) is 5.76 Å². The van der Waals surface area contributed by atoms with Crippen LogP contribution in [0.1, 0.15) is 84.5 Å². The molecule has 0 aliphatic heterocycles. The first-order chi connectivity index (χ1) is 12.2. The van der Waals surface area contributed by atoms with Gasteiger partial charge in [0.15, 0.2) is 17.3 Å². The van der Waals surface area contributed by atoms with E-state index in [2.05, 4.69) is 0 Å². The first-order valence-corrected chi connectivity index (χ1v) is 9.35. The third-order valence-corrected chi connectivity index (χ3v) is 5.23. The Balaban J connectivity index is 2.52. The predicted octanol–water partition coefficient (Wildman–Crippen LogP) is 4.83. The summed E-state index contributed by atoms with van der Waals surface area (Å²) in [5.41, 5.74) is 4.52. The Morgan fingerprint density at radius 1 is 1.08 bits per heavy atom. The molecule has 1 aliphatic rings. The van der Waals surface area contributed by atoms with Gasteiger partial charge in [0.2, 0.25) is 0 Å². The number of hydrogen-bond donors (Lipinski definition) is 1. The Labute approximate surface area is 155 Å². The maximum atomic E-state index is 12.6. The van der Waals surface area contributed by atoms with E-state index in [0.717, 1.165) is 34.2 Å². The summed E-state index contributed by atoms with van der Waals surface area (Å²) in [7, 11) is 0. The van der Waals surface area contributed by atoms with Crippen molar-refractivity contribution in [2.75, 3.05) is 0 Å². The molecule has 2 rings (SSSR count). The Morgan fingerprint density at radius 3 is 2.27 bits per heavy atom. The molecule has 0 saturated heterocycles. The maximum absolute atomic E-state index is 12.6. The van der Waals surface area contributed by atoms with Crippen LogP contribution in [0.4, 0.5) is 0 Å². The highest BCUT2D eigenvalue weighted by atomic mass is 16.3. The lowest BCUT2D eigenvalue weighted by Gasteiger charge is -2.27. The van der Waals surface area contributed by atoms with Crippen LogP contribution in [-0.2, 0) is 9.59 Å². The summed E-state index contributed by atoms with van der Waals surface area (Å²) in [6, 6.07) is 1.99. The van der Waals surface area contributed by atoms with E-state index in [4.69, 9.17) is 0 Å². The van der Waals surface area contributed by atoms with Crippen LogP contribution in [0.25, 0.3) is 0 Å². The van der Waals surface area contributed by atoms with E-state index in [1.165, 1.54) is 0 Å². The van der Waals surface area contributed by atoms with Crippen LogP contribution in [0.15, 0.2) is 17.4 Å². The number of aliphatic hydroxyl groups excluding tert-OH is 1. The van der Waals surface area contributed by atoms with Crippen molar-refractivity contribution in [1.82, 2.24) is 0 Å². The molecule has 26 heavy (non-hydrogen) atoms. The molecule has 0 spiro atoms. The van der Waals surface area contributed by atoms with Crippen molar-refractivity contribution < 1.29 is 19.5 Å². The van der Waals surface area contributed by atoms with Crippen molar-refractivity contribution in [2.24, 2.45) is 0 Å². The van der Waals surface area contributed by atoms with Crippen molar-refractivity contribution >= 4 is 17.3 Å². The van der Waals surface area contributed by atoms with Crippen molar-refractivity contribution in [2.45, 2.75) is 72.6 Å². The van der Waals surface area contributed by atoms with Crippen LogP contribution in [0.2, 0.25) is 0 Å². The second-order valence-electron chi connectivity index (χ2n) is 7.22. The molecule has 4 nitrogen and oxygen atoms in total. The largest absolute Gasteiger partial charge is 0.511 e. The Bertz CT molecular complexity index is 799. The smallest absolute Gasteiger partial charge is 0.170 e. The van der Waals surface area contributed by atoms with E-state index in [-0.39, 0.29) is 53.9 Å². The van der Waals surface area contributed by atoms with Crippen molar-refractivity contribution in [3.8, 4) is 0 Å². The molecule has 0 heterocycles. The minimum absolute atomic E-state index is 0.0338. The van der Waals surface area contributed by atoms with E-state index in [0.29, 0.717) is 6.42 Å². The standard InChI is InChI=1S/C22H28O4/c1-6-8-17(24)21-13(4)9-12(3)20(14(21)5)15-10-18(25)22(16(23)7-2)19(26)11-15/h9,15,25H,6-8,10-11H2,1-5H3. The highest BCUT2D eigenvalue weighted by Gasteiger charge is 2.33. The molecular formula is C22H28O4. The summed E-state index contributed by atoms with van der Waals surface area (Å²) in [6.07, 6.45) is 1.94. The van der Waals surface area contributed by atoms with Crippen molar-refractivity contribution in [1.29, 1.82) is 0 Å². The summed E-state index contributed by atoms with van der Waals surface area (Å²) in [5, 5.41) is 10.3. The zero-order valence-corrected chi connectivity index (χ0v) is 16.4. The molecule has 1 unspecified atom stereocenters. The van der Waals surface area contributed by atoms with Gasteiger partial charge in [-0.3, -0.25) is 14.4 Å². The second kappa shape index (κ2) is 7.98. The van der Waals surface area contributed by atoms with E-state index in [9.17, 15) is 19.5 Å². The van der Waals surface area contributed by atoms with Crippen LogP contribution in [0, 0.1) is 20.8 Å². The molecule has 0 aromatic heterocycles. The average Bonchev–Trinajstić information content (AvgIpc) is 2.53. The molecule has 0 fully saturated rings. The molecular weight excluding hydrogens is 328 g/mol. The lowest BCUT2D eigenvalue weighted by atomic mass is 9.76. The number of Topliss-reactive ketones (excluding diaryl/α,β-unsaturated/α-hetero) is 3. The number of ketones is 3. The summed E-state index contributed by atoms with van der Waals surface area (Å²) in [6.45, 7) is 9.50. The number of benzene rings is 1. The number of aryl methyl sites for hydroxylation is 2. The van der Waals surface area contributed by atoms with Gasteiger partial charge in [0.25, 0.3) is 0 Å². The van der Waals surface area contributed by atoms with Gasteiger partial charge in [-0.1, -0.05) is 19.9 Å². The third kappa shape index (κ3) is 3.64. The van der Waals surface area contributed by atoms with Gasteiger partial charge in [0, 0.05) is 31.2 Å². The van der Waals surface area contributed by atoms with Gasteiger partial charge in [-0.05, 0) is 55.4 Å². The first kappa shape index (κ1) is 20.1. The molecule has 1 aromatic rings. The number of aliphatic hydroxyl groups is 1. The fraction of sp³-hybridized carbons (Fsp3) is 0.500. The van der Waals surface area contributed by atoms with E-state index < -0.39 is 0 Å². The number of rotatable bonds is 6. The Hall–Kier alpha value is -2.23. The monoisotopic (exact) mass is 356 g/mol. The molecule has 0 radical (unpaired) electrons. The van der Waals surface area contributed by atoms with Crippen molar-refractivity contribution in [3.05, 3.63) is 45.2 Å². The van der Waals surface area contributed by atoms with Gasteiger partial charge < -0.3 is 5.11 Å². The fourth-order valence-electron chi connectivity index (χ4n) is 4.20. The molecule has 1 aromatic carbocycles. The number of allylic oxidation sites excluding steroid dienone is 2. The van der Waals surface area contributed by atoms with Crippen LogP contribution in [0.3, 0.4) is 0 Å². The summed E-state index contributed by atoms with van der Waals surface area (Å²) in [5.74, 6) is -0.801. The number of carbonyl (C=O) groups excluding carboxylic acids is 3. The quantitative estimate of drug-likeness (QED) is 0.585. The SMILES string of the molecule is CCCC(=O)c1c(C)cc(C)c(C2CC(=O)C(C(=O)CC)=C(O)C2)c1C. The minimum Gasteiger partial charge on any atom is -0.511 e. The van der Waals surface area contributed by atoms with Gasteiger partial charge >= 0.3 is 0 Å². The molecule has 4 heteroatoms. The second-order valence-corrected chi connectivity index (χ2v) is 7.22. The van der Waals surface area contributed by atoms with Crippen LogP contribution < -0.4 is 0 Å². The van der Waals surface area contributed by atoms with Gasteiger partial charge in [-0.15, -0.1) is 0 Å². The van der Waals surface area contributed by atoms with E-state index in [1.807, 2.05) is 33.8 Å². The lowest BCUT2D eigenvalue weighted by Crippen LogP contribution is -2.24. The molecule has 1 atom stereocenters. The van der Waals surface area contributed by atoms with Crippen LogP contribution in [0.5, 0.6) is 0 Å². The lowest BCUT2D eigenvalue weighted by molar-refractivity contribution is -0.122. The van der Waals surface area contributed by atoms with Gasteiger partial charge in [0.05, 0.1) is 5.57 Å². The molecule has 140 valence electrons. The summed E-state index contributed by atoms with van der Waals surface area (Å²) in [4.78, 5) is 37.0. The minimum atomic E-state index is -0.304. The maximum Gasteiger partial charge on any atom is 0.170 e. The zero-order chi connectivity index (χ0) is 19.6. The molecule has 0 saturated carbocycles.